The van der Waals surface area contributed by atoms with E-state index in [1.54, 1.807) is 0 Å². The number of carbonyl (C=O) groups is 4. The molecule has 148 valence electrons. The van der Waals surface area contributed by atoms with Crippen molar-refractivity contribution in [3.63, 3.8) is 0 Å². The van der Waals surface area contributed by atoms with E-state index in [-0.39, 0.29) is 49.1 Å². The zero-order valence-corrected chi connectivity index (χ0v) is 13.8. The maximum absolute atomic E-state index is 10.4. The van der Waals surface area contributed by atoms with Gasteiger partial charge in [-0.2, -0.15) is 0 Å². The van der Waals surface area contributed by atoms with E-state index in [0.717, 1.165) is 0 Å². The van der Waals surface area contributed by atoms with Gasteiger partial charge in [0, 0.05) is 12.5 Å². The number of aliphatic hydroxyl groups is 2. The van der Waals surface area contributed by atoms with E-state index in [2.05, 4.69) is 18.6 Å². The van der Waals surface area contributed by atoms with E-state index in [1.165, 1.54) is 12.1 Å². The Balaban J connectivity index is 0. The number of carbonyl (C=O) groups excluding carboxylic acids is 2. The molecule has 1 aromatic rings. The fraction of sp³-hybridized carbons (Fsp3) is 0.385. The van der Waals surface area contributed by atoms with Crippen LogP contribution in [0.5, 0.6) is 5.95 Å². The van der Waals surface area contributed by atoms with Crippen LogP contribution in [0.25, 0.3) is 0 Å². The maximum Gasteiger partial charge on any atom is 0.371 e. The Kier molecular flexibility index (Phi) is 11.1. The number of carboxylic acid groups (broad SMARTS) is 2. The average Bonchev–Trinajstić information content (AvgIpc) is 3.07. The highest BCUT2D eigenvalue weighted by molar-refractivity contribution is 8.93. The molecular weight excluding hydrogens is 428 g/mol. The molecule has 1 saturated heterocycles. The van der Waals surface area contributed by atoms with Crippen molar-refractivity contribution in [3.8, 4) is 5.95 Å². The Morgan fingerprint density at radius 1 is 1.23 bits per heavy atom. The molecule has 26 heavy (non-hydrogen) atoms. The number of aliphatic carboxylic acids is 1. The number of aromatic carboxylic acids is 1. The molecule has 2 rings (SSSR count). The fourth-order valence-electron chi connectivity index (χ4n) is 1.56. The molecule has 0 radical (unpaired) electrons. The summed E-state index contributed by atoms with van der Waals surface area (Å²) in [4.78, 5) is 40.1. The average molecular weight is 445 g/mol. The Hall–Kier alpha value is -2.48. The number of halogens is 1. The largest absolute Gasteiger partial charge is 0.477 e. The van der Waals surface area contributed by atoms with Crippen molar-refractivity contribution in [3.05, 3.63) is 17.9 Å². The van der Waals surface area contributed by atoms with E-state index in [0.29, 0.717) is 0 Å². The molecule has 0 aromatic carbocycles. The summed E-state index contributed by atoms with van der Waals surface area (Å²) in [6.07, 6.45) is -3.31. The van der Waals surface area contributed by atoms with Crippen LogP contribution in [0.1, 0.15) is 24.4 Å². The second-order valence-electron chi connectivity index (χ2n) is 4.22. The lowest BCUT2D eigenvalue weighted by Gasteiger charge is -2.16. The molecular formula is C13H17BrO12. The summed E-state index contributed by atoms with van der Waals surface area (Å²) in [5.41, 5.74) is 0. The lowest BCUT2D eigenvalue weighted by Crippen LogP contribution is -2.38. The SMILES string of the molecule is Br.C.O=COC1OC(O)(C(=O)O)CC1O.O=COc1ccc(C(=O)O)o1. The van der Waals surface area contributed by atoms with Gasteiger partial charge in [0.15, 0.2) is 0 Å². The molecule has 0 spiro atoms. The van der Waals surface area contributed by atoms with Gasteiger partial charge in [-0.05, 0) is 6.07 Å². The Morgan fingerprint density at radius 3 is 2.23 bits per heavy atom. The highest BCUT2D eigenvalue weighted by Crippen LogP contribution is 2.28. The molecule has 2 heterocycles. The Morgan fingerprint density at radius 2 is 1.85 bits per heavy atom. The first-order valence-corrected chi connectivity index (χ1v) is 6.07. The van der Waals surface area contributed by atoms with Gasteiger partial charge < -0.3 is 34.3 Å². The number of aliphatic hydroxyl groups excluding tert-OH is 1. The first kappa shape index (κ1) is 25.8. The summed E-state index contributed by atoms with van der Waals surface area (Å²) in [5.74, 6) is -5.71. The van der Waals surface area contributed by atoms with Gasteiger partial charge in [0.2, 0.25) is 12.1 Å². The number of rotatable bonds is 6. The molecule has 4 N–H and O–H groups in total. The van der Waals surface area contributed by atoms with Gasteiger partial charge in [-0.25, -0.2) is 9.59 Å². The summed E-state index contributed by atoms with van der Waals surface area (Å²) in [6.45, 7) is 0.159. The number of ether oxygens (including phenoxy) is 3. The number of furan rings is 1. The zero-order valence-electron chi connectivity index (χ0n) is 12.1. The standard InChI is InChI=1S/C6H8O7.C6H4O5.CH4.BrH/c7-2-12-4-3(8)1-6(11,13-4)5(9)10;7-3-10-5-2-1-4(11-5)6(8)9;;/h2-4,8,11H,1H2,(H,9,10);1-3H,(H,8,9);1H4;1H. The molecule has 1 aliphatic rings. The van der Waals surface area contributed by atoms with Crippen molar-refractivity contribution >= 4 is 41.9 Å². The third kappa shape index (κ3) is 6.79. The summed E-state index contributed by atoms with van der Waals surface area (Å²) in [7, 11) is 0. The second kappa shape index (κ2) is 11.2. The Bertz CT molecular complexity index is 614. The molecule has 0 bridgehead atoms. The lowest BCUT2D eigenvalue weighted by molar-refractivity contribution is -0.249. The fourth-order valence-corrected chi connectivity index (χ4v) is 1.56. The number of hydrogen-bond donors (Lipinski definition) is 4. The monoisotopic (exact) mass is 444 g/mol. The minimum Gasteiger partial charge on any atom is -0.477 e. The molecule has 1 aliphatic heterocycles. The van der Waals surface area contributed by atoms with Crippen LogP contribution in [0.4, 0.5) is 0 Å². The second-order valence-corrected chi connectivity index (χ2v) is 4.22. The van der Waals surface area contributed by atoms with Crippen LogP contribution in [-0.4, -0.2) is 63.5 Å². The van der Waals surface area contributed by atoms with Gasteiger partial charge in [0.05, 0.1) is 0 Å². The van der Waals surface area contributed by atoms with Crippen LogP contribution in [0.3, 0.4) is 0 Å². The maximum atomic E-state index is 10.4. The minimum atomic E-state index is -2.48. The molecule has 3 unspecified atom stereocenters. The van der Waals surface area contributed by atoms with Gasteiger partial charge in [-0.1, -0.05) is 7.43 Å². The van der Waals surface area contributed by atoms with Gasteiger partial charge in [0.1, 0.15) is 6.10 Å². The summed E-state index contributed by atoms with van der Waals surface area (Å²) in [5, 5.41) is 35.0. The van der Waals surface area contributed by atoms with E-state index in [4.69, 9.17) is 20.4 Å². The van der Waals surface area contributed by atoms with Crippen LogP contribution < -0.4 is 4.74 Å². The van der Waals surface area contributed by atoms with Crippen LogP contribution >= 0.6 is 17.0 Å². The molecule has 1 fully saturated rings. The van der Waals surface area contributed by atoms with Gasteiger partial charge in [-0.15, -0.1) is 17.0 Å². The van der Waals surface area contributed by atoms with Crippen molar-refractivity contribution in [2.24, 2.45) is 0 Å². The van der Waals surface area contributed by atoms with Crippen LogP contribution in [-0.2, 0) is 23.9 Å². The van der Waals surface area contributed by atoms with E-state index in [1.807, 2.05) is 0 Å². The molecule has 13 heteroatoms. The summed E-state index contributed by atoms with van der Waals surface area (Å²) in [6, 6.07) is 2.44. The van der Waals surface area contributed by atoms with E-state index in [9.17, 15) is 19.2 Å². The van der Waals surface area contributed by atoms with Crippen molar-refractivity contribution in [2.45, 2.75) is 32.0 Å². The summed E-state index contributed by atoms with van der Waals surface area (Å²) >= 11 is 0. The first-order chi connectivity index (χ1) is 11.2. The molecule has 0 aliphatic carbocycles. The topological polar surface area (TPSA) is 190 Å². The van der Waals surface area contributed by atoms with Gasteiger partial charge in [0.25, 0.3) is 18.2 Å². The van der Waals surface area contributed by atoms with E-state index >= 15 is 0 Å². The van der Waals surface area contributed by atoms with Crippen molar-refractivity contribution in [1.29, 1.82) is 0 Å². The third-order valence-electron chi connectivity index (χ3n) is 2.59. The molecule has 12 nitrogen and oxygen atoms in total. The Labute approximate surface area is 156 Å². The van der Waals surface area contributed by atoms with Gasteiger partial charge >= 0.3 is 18.4 Å². The zero-order chi connectivity index (χ0) is 18.3. The predicted molar refractivity (Wildman–Crippen MR) is 84.6 cm³/mol. The van der Waals surface area contributed by atoms with Crippen molar-refractivity contribution < 1.29 is 58.2 Å². The quantitative estimate of drug-likeness (QED) is 0.421. The van der Waals surface area contributed by atoms with Gasteiger partial charge in [-0.3, -0.25) is 14.3 Å². The molecule has 0 amide bonds. The number of hydrogen-bond acceptors (Lipinski definition) is 10. The van der Waals surface area contributed by atoms with Crippen molar-refractivity contribution in [1.82, 2.24) is 0 Å². The smallest absolute Gasteiger partial charge is 0.371 e. The van der Waals surface area contributed by atoms with Crippen LogP contribution in [0.15, 0.2) is 16.5 Å². The third-order valence-corrected chi connectivity index (χ3v) is 2.59. The van der Waals surface area contributed by atoms with Crippen LogP contribution in [0, 0.1) is 0 Å². The van der Waals surface area contributed by atoms with E-state index < -0.39 is 36.5 Å². The lowest BCUT2D eigenvalue weighted by atomic mass is 10.1. The van der Waals surface area contributed by atoms with Crippen molar-refractivity contribution in [2.75, 3.05) is 0 Å². The number of carboxylic acids is 2. The minimum absolute atomic E-state index is 0. The summed E-state index contributed by atoms with van der Waals surface area (Å²) < 4.78 is 17.4. The molecule has 3 atom stereocenters. The first-order valence-electron chi connectivity index (χ1n) is 6.07. The highest BCUT2D eigenvalue weighted by atomic mass is 79.9. The molecule has 1 aromatic heterocycles. The molecule has 0 saturated carbocycles. The normalized spacial score (nSPS) is 23.2. The highest BCUT2D eigenvalue weighted by Gasteiger charge is 2.51. The van der Waals surface area contributed by atoms with Crippen LogP contribution in [0.2, 0.25) is 0 Å². The predicted octanol–water partition coefficient (Wildman–Crippen LogP) is -0.233.